The largest absolute Gasteiger partial charge is 0.383 e. The lowest BCUT2D eigenvalue weighted by Gasteiger charge is -2.33. The van der Waals surface area contributed by atoms with E-state index >= 15 is 0 Å². The molecule has 2 rings (SSSR count). The topological polar surface area (TPSA) is 52.1 Å². The third-order valence-electron chi connectivity index (χ3n) is 5.59. The zero-order valence-corrected chi connectivity index (χ0v) is 17.8. The molecular formula is C21H41N5O. The number of nitrogens with zero attached hydrogens (tertiary/aromatic N) is 3. The van der Waals surface area contributed by atoms with Crippen LogP contribution in [0.5, 0.6) is 0 Å². The van der Waals surface area contributed by atoms with E-state index in [1.807, 2.05) is 0 Å². The van der Waals surface area contributed by atoms with Crippen molar-refractivity contribution in [2.45, 2.75) is 45.6 Å². The van der Waals surface area contributed by atoms with E-state index < -0.39 is 0 Å². The van der Waals surface area contributed by atoms with Gasteiger partial charge in [-0.15, -0.1) is 0 Å². The van der Waals surface area contributed by atoms with Gasteiger partial charge in [0, 0.05) is 52.4 Å². The molecule has 2 heterocycles. The highest BCUT2D eigenvalue weighted by molar-refractivity contribution is 5.80. The maximum absolute atomic E-state index is 5.19. The molecule has 0 amide bonds. The molecule has 0 bridgehead atoms. The fraction of sp³-hybridized carbons (Fsp3) is 0.857. The Balaban J connectivity index is 1.72. The van der Waals surface area contributed by atoms with Gasteiger partial charge >= 0.3 is 0 Å². The molecule has 2 N–H and O–H groups in total. The molecule has 27 heavy (non-hydrogen) atoms. The van der Waals surface area contributed by atoms with Gasteiger partial charge < -0.3 is 20.3 Å². The average molecular weight is 380 g/mol. The van der Waals surface area contributed by atoms with E-state index in [4.69, 9.17) is 9.73 Å². The van der Waals surface area contributed by atoms with Crippen LogP contribution in [0.3, 0.4) is 0 Å². The zero-order valence-electron chi connectivity index (χ0n) is 17.8. The quantitative estimate of drug-likeness (QED) is 0.364. The smallest absolute Gasteiger partial charge is 0.191 e. The summed E-state index contributed by atoms with van der Waals surface area (Å²) in [6, 6.07) is 0.528. The first-order chi connectivity index (χ1) is 13.1. The fourth-order valence-corrected chi connectivity index (χ4v) is 3.96. The van der Waals surface area contributed by atoms with Crippen LogP contribution in [0.1, 0.15) is 39.5 Å². The number of hydrogen-bond acceptors (Lipinski definition) is 4. The standard InChI is InChI=1S/C21H41N5O/c1-5-22-21(24-20-8-12-26(13-9-20)17-18(2)3)23-16-19-6-10-25(11-7-19)14-15-27-4/h19-20H,2,5-17H2,1,3-4H3,(H2,22,23,24). The molecule has 6 nitrogen and oxygen atoms in total. The molecule has 0 radical (unpaired) electrons. The number of likely N-dealkylation sites (tertiary alicyclic amines) is 2. The van der Waals surface area contributed by atoms with E-state index in [9.17, 15) is 0 Å². The van der Waals surface area contributed by atoms with Crippen molar-refractivity contribution >= 4 is 5.96 Å². The van der Waals surface area contributed by atoms with Crippen LogP contribution in [-0.4, -0.2) is 87.9 Å². The molecule has 0 spiro atoms. The Labute approximate surface area is 166 Å². The van der Waals surface area contributed by atoms with Gasteiger partial charge in [0.1, 0.15) is 0 Å². The summed E-state index contributed by atoms with van der Waals surface area (Å²) in [5.74, 6) is 1.70. The van der Waals surface area contributed by atoms with Crippen LogP contribution < -0.4 is 10.6 Å². The van der Waals surface area contributed by atoms with Crippen LogP contribution in [-0.2, 0) is 4.74 Å². The highest BCUT2D eigenvalue weighted by Gasteiger charge is 2.21. The first kappa shape index (κ1) is 22.2. The molecule has 2 saturated heterocycles. The monoisotopic (exact) mass is 379 g/mol. The van der Waals surface area contributed by atoms with Crippen LogP contribution in [0, 0.1) is 5.92 Å². The second-order valence-corrected chi connectivity index (χ2v) is 8.15. The van der Waals surface area contributed by atoms with Crippen molar-refractivity contribution in [2.75, 3.05) is 66.1 Å². The highest BCUT2D eigenvalue weighted by Crippen LogP contribution is 2.17. The van der Waals surface area contributed by atoms with Crippen molar-refractivity contribution in [2.24, 2.45) is 10.9 Å². The Bertz CT molecular complexity index is 451. The number of piperidine rings is 2. The van der Waals surface area contributed by atoms with Crippen molar-refractivity contribution in [1.29, 1.82) is 0 Å². The Morgan fingerprint density at radius 3 is 2.37 bits per heavy atom. The normalized spacial score (nSPS) is 21.4. The van der Waals surface area contributed by atoms with Gasteiger partial charge in [0.25, 0.3) is 0 Å². The molecule has 0 aromatic heterocycles. The van der Waals surface area contributed by atoms with E-state index in [1.165, 1.54) is 44.3 Å². The van der Waals surface area contributed by atoms with E-state index in [1.54, 1.807) is 7.11 Å². The van der Waals surface area contributed by atoms with Crippen molar-refractivity contribution in [3.63, 3.8) is 0 Å². The minimum absolute atomic E-state index is 0.528. The first-order valence-electron chi connectivity index (χ1n) is 10.7. The lowest BCUT2D eigenvalue weighted by molar-refractivity contribution is 0.121. The molecule has 6 heteroatoms. The third-order valence-corrected chi connectivity index (χ3v) is 5.59. The van der Waals surface area contributed by atoms with E-state index in [-0.39, 0.29) is 0 Å². The Morgan fingerprint density at radius 1 is 1.11 bits per heavy atom. The number of aliphatic imine (C=N–C) groups is 1. The number of nitrogens with one attached hydrogen (secondary N) is 2. The van der Waals surface area contributed by atoms with Crippen LogP contribution >= 0.6 is 0 Å². The van der Waals surface area contributed by atoms with Crippen LogP contribution in [0.25, 0.3) is 0 Å². The molecule has 0 aromatic rings. The molecular weight excluding hydrogens is 338 g/mol. The van der Waals surface area contributed by atoms with Crippen molar-refractivity contribution in [3.8, 4) is 0 Å². The zero-order chi connectivity index (χ0) is 19.5. The molecule has 0 aromatic carbocycles. The summed E-state index contributed by atoms with van der Waals surface area (Å²) in [5.41, 5.74) is 1.25. The molecule has 2 aliphatic heterocycles. The predicted octanol–water partition coefficient (Wildman–Crippen LogP) is 1.94. The number of methoxy groups -OCH3 is 1. The fourth-order valence-electron chi connectivity index (χ4n) is 3.96. The number of ether oxygens (including phenoxy) is 1. The number of hydrogen-bond donors (Lipinski definition) is 2. The van der Waals surface area contributed by atoms with Crippen LogP contribution in [0.15, 0.2) is 17.1 Å². The van der Waals surface area contributed by atoms with Gasteiger partial charge in [0.15, 0.2) is 5.96 Å². The Hall–Kier alpha value is -1.11. The summed E-state index contributed by atoms with van der Waals surface area (Å²) in [5, 5.41) is 7.10. The average Bonchev–Trinajstić information content (AvgIpc) is 2.66. The van der Waals surface area contributed by atoms with Crippen molar-refractivity contribution in [3.05, 3.63) is 12.2 Å². The predicted molar refractivity (Wildman–Crippen MR) is 114 cm³/mol. The summed E-state index contributed by atoms with van der Waals surface area (Å²) >= 11 is 0. The van der Waals surface area contributed by atoms with Gasteiger partial charge in [-0.2, -0.15) is 0 Å². The Kier molecular flexibility index (Phi) is 10.2. The number of rotatable bonds is 9. The third kappa shape index (κ3) is 8.62. The van der Waals surface area contributed by atoms with Gasteiger partial charge in [-0.05, 0) is 58.5 Å². The molecule has 2 fully saturated rings. The number of guanidine groups is 1. The highest BCUT2D eigenvalue weighted by atomic mass is 16.5. The van der Waals surface area contributed by atoms with Gasteiger partial charge in [-0.1, -0.05) is 12.2 Å². The minimum Gasteiger partial charge on any atom is -0.383 e. The van der Waals surface area contributed by atoms with Crippen molar-refractivity contribution < 1.29 is 4.74 Å². The molecule has 0 atom stereocenters. The minimum atomic E-state index is 0.528. The van der Waals surface area contributed by atoms with E-state index in [2.05, 4.69) is 40.9 Å². The lowest BCUT2D eigenvalue weighted by atomic mass is 9.97. The van der Waals surface area contributed by atoms with Gasteiger partial charge in [0.2, 0.25) is 0 Å². The van der Waals surface area contributed by atoms with E-state index in [0.717, 1.165) is 51.8 Å². The summed E-state index contributed by atoms with van der Waals surface area (Å²) < 4.78 is 5.19. The second-order valence-electron chi connectivity index (χ2n) is 8.15. The molecule has 0 unspecified atom stereocenters. The Morgan fingerprint density at radius 2 is 1.78 bits per heavy atom. The summed E-state index contributed by atoms with van der Waals surface area (Å²) in [6.07, 6.45) is 4.84. The first-order valence-corrected chi connectivity index (χ1v) is 10.7. The van der Waals surface area contributed by atoms with Gasteiger partial charge in [-0.3, -0.25) is 9.89 Å². The summed E-state index contributed by atoms with van der Waals surface area (Å²) in [6.45, 7) is 17.7. The SMILES string of the molecule is C=C(C)CN1CCC(NC(=NCC2CCN(CCOC)CC2)NCC)CC1. The second kappa shape index (κ2) is 12.4. The lowest BCUT2D eigenvalue weighted by Crippen LogP contribution is -2.49. The maximum Gasteiger partial charge on any atom is 0.191 e. The van der Waals surface area contributed by atoms with Gasteiger partial charge in [-0.25, -0.2) is 0 Å². The molecule has 156 valence electrons. The van der Waals surface area contributed by atoms with Gasteiger partial charge in [0.05, 0.1) is 6.61 Å². The summed E-state index contributed by atoms with van der Waals surface area (Å²) in [4.78, 5) is 9.92. The molecule has 2 aliphatic rings. The maximum atomic E-state index is 5.19. The van der Waals surface area contributed by atoms with Crippen molar-refractivity contribution in [1.82, 2.24) is 20.4 Å². The molecule has 0 aliphatic carbocycles. The van der Waals surface area contributed by atoms with Crippen LogP contribution in [0.4, 0.5) is 0 Å². The van der Waals surface area contributed by atoms with Crippen LogP contribution in [0.2, 0.25) is 0 Å². The van der Waals surface area contributed by atoms with E-state index in [0.29, 0.717) is 12.0 Å². The molecule has 0 saturated carbocycles. The summed E-state index contributed by atoms with van der Waals surface area (Å²) in [7, 11) is 1.78.